The Morgan fingerprint density at radius 2 is 1.92 bits per heavy atom. The molecule has 126 valence electrons. The molecule has 1 N–H and O–H groups in total. The Morgan fingerprint density at radius 3 is 2.46 bits per heavy atom. The van der Waals surface area contributed by atoms with Crippen molar-refractivity contribution in [2.45, 2.75) is 32.7 Å². The maximum absolute atomic E-state index is 12.7. The predicted molar refractivity (Wildman–Crippen MR) is 86.9 cm³/mol. The highest BCUT2D eigenvalue weighted by Crippen LogP contribution is 2.52. The number of aryl methyl sites for hydroxylation is 1. The number of anilines is 1. The maximum atomic E-state index is 12.7. The number of carbonyl (C=O) groups is 3. The fourth-order valence-corrected chi connectivity index (χ4v) is 4.76. The third-order valence-electron chi connectivity index (χ3n) is 5.27. The van der Waals surface area contributed by atoms with Crippen molar-refractivity contribution in [3.8, 4) is 0 Å². The van der Waals surface area contributed by atoms with Gasteiger partial charge in [-0.1, -0.05) is 30.4 Å². The summed E-state index contributed by atoms with van der Waals surface area (Å²) in [5.74, 6) is -1.10. The minimum atomic E-state index is -0.844. The van der Waals surface area contributed by atoms with Crippen molar-refractivity contribution < 1.29 is 14.4 Å². The zero-order valence-electron chi connectivity index (χ0n) is 13.4. The Hall–Kier alpha value is -2.09. The summed E-state index contributed by atoms with van der Waals surface area (Å²) in [6.07, 6.45) is 5.70. The van der Waals surface area contributed by atoms with E-state index in [1.807, 2.05) is 19.1 Å². The monoisotopic (exact) mass is 346 g/mol. The molecule has 1 saturated carbocycles. The van der Waals surface area contributed by atoms with E-state index in [0.29, 0.717) is 5.13 Å². The van der Waals surface area contributed by atoms with Crippen molar-refractivity contribution >= 4 is 34.2 Å². The number of likely N-dealkylation sites (tertiary alicyclic amines) is 1. The van der Waals surface area contributed by atoms with E-state index in [0.717, 1.165) is 22.7 Å². The van der Waals surface area contributed by atoms with Crippen LogP contribution in [0.1, 0.15) is 25.3 Å². The second kappa shape index (κ2) is 5.47. The van der Waals surface area contributed by atoms with Crippen molar-refractivity contribution in [1.82, 2.24) is 15.1 Å². The van der Waals surface area contributed by atoms with Crippen LogP contribution in [0.5, 0.6) is 0 Å². The van der Waals surface area contributed by atoms with E-state index in [1.165, 1.54) is 11.3 Å². The molecule has 2 heterocycles. The number of fused-ring (bicyclic) bond motifs is 5. The highest BCUT2D eigenvalue weighted by Gasteiger charge is 2.60. The lowest BCUT2D eigenvalue weighted by Crippen LogP contribution is -2.46. The number of allylic oxidation sites excluding steroid dienone is 2. The first-order valence-electron chi connectivity index (χ1n) is 8.19. The number of amides is 3. The number of carbonyl (C=O) groups excluding carboxylic acids is 3. The third-order valence-corrected chi connectivity index (χ3v) is 6.25. The van der Waals surface area contributed by atoms with E-state index in [4.69, 9.17) is 0 Å². The number of hydrogen-bond acceptors (Lipinski definition) is 6. The lowest BCUT2D eigenvalue weighted by atomic mass is 9.85. The topological polar surface area (TPSA) is 92.3 Å². The molecule has 0 unspecified atom stereocenters. The van der Waals surface area contributed by atoms with Gasteiger partial charge in [-0.25, -0.2) is 0 Å². The third kappa shape index (κ3) is 2.12. The second-order valence-electron chi connectivity index (χ2n) is 6.57. The highest BCUT2D eigenvalue weighted by atomic mass is 32.1. The van der Waals surface area contributed by atoms with Crippen LogP contribution in [0.25, 0.3) is 0 Å². The quantitative estimate of drug-likeness (QED) is 0.654. The molecule has 0 radical (unpaired) electrons. The summed E-state index contributed by atoms with van der Waals surface area (Å²) in [7, 11) is 0. The molecule has 3 amide bonds. The van der Waals surface area contributed by atoms with Crippen LogP contribution >= 0.6 is 11.3 Å². The molecule has 5 atom stereocenters. The van der Waals surface area contributed by atoms with Gasteiger partial charge in [0.1, 0.15) is 11.0 Å². The molecule has 2 aliphatic carbocycles. The summed E-state index contributed by atoms with van der Waals surface area (Å²) >= 11 is 1.30. The zero-order valence-corrected chi connectivity index (χ0v) is 14.2. The first-order chi connectivity index (χ1) is 11.5. The molecule has 24 heavy (non-hydrogen) atoms. The molecular formula is C16H18N4O3S. The average molecular weight is 346 g/mol. The van der Waals surface area contributed by atoms with Gasteiger partial charge in [0, 0.05) is 0 Å². The molecule has 7 nitrogen and oxygen atoms in total. The van der Waals surface area contributed by atoms with Crippen LogP contribution in [-0.4, -0.2) is 38.9 Å². The molecule has 1 saturated heterocycles. The fourth-order valence-electron chi connectivity index (χ4n) is 4.08. The van der Waals surface area contributed by atoms with Crippen molar-refractivity contribution in [3.05, 3.63) is 17.2 Å². The van der Waals surface area contributed by atoms with Gasteiger partial charge in [-0.05, 0) is 31.6 Å². The van der Waals surface area contributed by atoms with Gasteiger partial charge < -0.3 is 0 Å². The molecule has 0 spiro atoms. The lowest BCUT2D eigenvalue weighted by molar-refractivity contribution is -0.146. The summed E-state index contributed by atoms with van der Waals surface area (Å²) < 4.78 is 0. The minimum absolute atomic E-state index is 0.145. The fraction of sp³-hybridized carbons (Fsp3) is 0.562. The van der Waals surface area contributed by atoms with Gasteiger partial charge in [0.2, 0.25) is 22.9 Å². The van der Waals surface area contributed by atoms with Crippen LogP contribution < -0.4 is 5.32 Å². The molecular weight excluding hydrogens is 328 g/mol. The van der Waals surface area contributed by atoms with E-state index in [1.54, 1.807) is 6.92 Å². The second-order valence-corrected chi connectivity index (χ2v) is 7.63. The number of imide groups is 1. The lowest BCUT2D eigenvalue weighted by Gasteiger charge is -2.23. The Morgan fingerprint density at radius 1 is 1.29 bits per heavy atom. The van der Waals surface area contributed by atoms with E-state index in [9.17, 15) is 14.4 Å². The van der Waals surface area contributed by atoms with Crippen LogP contribution in [0.2, 0.25) is 0 Å². The van der Waals surface area contributed by atoms with Crippen LogP contribution in [0.15, 0.2) is 12.2 Å². The predicted octanol–water partition coefficient (Wildman–Crippen LogP) is 1.23. The summed E-state index contributed by atoms with van der Waals surface area (Å²) in [6, 6.07) is -0.844. The Kier molecular flexibility index (Phi) is 3.52. The average Bonchev–Trinajstić information content (AvgIpc) is 3.31. The van der Waals surface area contributed by atoms with Gasteiger partial charge in [0.25, 0.3) is 0 Å². The molecule has 1 aromatic heterocycles. The molecule has 4 rings (SSSR count). The standard InChI is InChI=1S/C16H18N4O3S/c1-3-10-18-19-16(24-10)17-13(21)7(2)20-14(22)11-8-4-5-9(6-8)12(11)15(20)23/h4-5,7-9,11-12H,3,6H2,1-2H3,(H,17,19,21)/t7-,8+,9+,11-,12+/m1/s1. The molecule has 2 fully saturated rings. The van der Waals surface area contributed by atoms with Gasteiger partial charge in [-0.3, -0.25) is 24.6 Å². The molecule has 8 heteroatoms. The number of hydrogen-bond donors (Lipinski definition) is 1. The van der Waals surface area contributed by atoms with Crippen LogP contribution in [0, 0.1) is 23.7 Å². The molecule has 0 aromatic carbocycles. The number of rotatable bonds is 4. The molecule has 1 aromatic rings. The van der Waals surface area contributed by atoms with Crippen LogP contribution in [-0.2, 0) is 20.8 Å². The first-order valence-corrected chi connectivity index (χ1v) is 9.01. The van der Waals surface area contributed by atoms with Gasteiger partial charge >= 0.3 is 0 Å². The van der Waals surface area contributed by atoms with Crippen LogP contribution in [0.3, 0.4) is 0 Å². The Balaban J connectivity index is 1.50. The van der Waals surface area contributed by atoms with E-state index < -0.39 is 11.9 Å². The number of nitrogens with one attached hydrogen (secondary N) is 1. The highest BCUT2D eigenvalue weighted by molar-refractivity contribution is 7.15. The Labute approximate surface area is 143 Å². The summed E-state index contributed by atoms with van der Waals surface area (Å²) in [5.41, 5.74) is 0. The zero-order chi connectivity index (χ0) is 17.0. The molecule has 2 bridgehead atoms. The van der Waals surface area contributed by atoms with Crippen molar-refractivity contribution in [2.24, 2.45) is 23.7 Å². The first kappa shape index (κ1) is 15.4. The number of nitrogens with zero attached hydrogens (tertiary/aromatic N) is 3. The smallest absolute Gasteiger partial charge is 0.249 e. The van der Waals surface area contributed by atoms with E-state index in [2.05, 4.69) is 15.5 Å². The summed E-state index contributed by atoms with van der Waals surface area (Å²) in [5, 5.41) is 11.7. The molecule has 1 aliphatic heterocycles. The van der Waals surface area contributed by atoms with Crippen molar-refractivity contribution in [1.29, 1.82) is 0 Å². The molecule has 3 aliphatic rings. The SMILES string of the molecule is CCc1nnc(NC(=O)[C@@H](C)N2C(=O)[C@@H]3[C@H](C2=O)[C@H]2C=C[C@H]3C2)s1. The van der Waals surface area contributed by atoms with Gasteiger partial charge in [-0.2, -0.15) is 0 Å². The summed E-state index contributed by atoms with van der Waals surface area (Å²) in [4.78, 5) is 39.0. The van der Waals surface area contributed by atoms with E-state index >= 15 is 0 Å². The Bertz CT molecular complexity index is 728. The minimum Gasteiger partial charge on any atom is -0.299 e. The van der Waals surface area contributed by atoms with Gasteiger partial charge in [0.05, 0.1) is 11.8 Å². The van der Waals surface area contributed by atoms with Gasteiger partial charge in [0.15, 0.2) is 0 Å². The maximum Gasteiger partial charge on any atom is 0.249 e. The van der Waals surface area contributed by atoms with Gasteiger partial charge in [-0.15, -0.1) is 10.2 Å². The van der Waals surface area contributed by atoms with Crippen molar-refractivity contribution in [2.75, 3.05) is 5.32 Å². The van der Waals surface area contributed by atoms with Crippen LogP contribution in [0.4, 0.5) is 5.13 Å². The largest absolute Gasteiger partial charge is 0.299 e. The van der Waals surface area contributed by atoms with E-state index in [-0.39, 0.29) is 35.5 Å². The summed E-state index contributed by atoms with van der Waals surface area (Å²) in [6.45, 7) is 3.54. The van der Waals surface area contributed by atoms with Crippen molar-refractivity contribution in [3.63, 3.8) is 0 Å². The number of aromatic nitrogens is 2. The normalized spacial score (nSPS) is 31.7.